The number of anilines is 1. The smallest absolute Gasteiger partial charge is 0.228 e. The highest BCUT2D eigenvalue weighted by Crippen LogP contribution is 2.39. The van der Waals surface area contributed by atoms with Crippen molar-refractivity contribution in [2.75, 3.05) is 11.9 Å². The van der Waals surface area contributed by atoms with Crippen LogP contribution < -0.4 is 10.6 Å². The standard InChI is InChI=1S/C16H21ClN2O2/c1-10(2)7-8-18-15(20)11-9-12(11)16(21)19-14-6-4-3-5-13(14)17/h3-6,10-12H,7-9H2,1-2H3,(H,18,20)(H,19,21). The number of benzene rings is 1. The van der Waals surface area contributed by atoms with Gasteiger partial charge in [0.2, 0.25) is 11.8 Å². The SMILES string of the molecule is CC(C)CCNC(=O)C1CC1C(=O)Nc1ccccc1Cl. The summed E-state index contributed by atoms with van der Waals surface area (Å²) in [5.41, 5.74) is 0.593. The molecule has 2 unspecified atom stereocenters. The predicted octanol–water partition coefficient (Wildman–Crippen LogP) is 3.08. The summed E-state index contributed by atoms with van der Waals surface area (Å²) in [6, 6.07) is 7.09. The van der Waals surface area contributed by atoms with Crippen molar-refractivity contribution < 1.29 is 9.59 Å². The number of halogens is 1. The van der Waals surface area contributed by atoms with Crippen LogP contribution in [0.1, 0.15) is 26.7 Å². The van der Waals surface area contributed by atoms with Gasteiger partial charge in [-0.05, 0) is 30.9 Å². The van der Waals surface area contributed by atoms with E-state index in [-0.39, 0.29) is 23.7 Å². The van der Waals surface area contributed by atoms with E-state index in [4.69, 9.17) is 11.6 Å². The van der Waals surface area contributed by atoms with Gasteiger partial charge in [0.25, 0.3) is 0 Å². The summed E-state index contributed by atoms with van der Waals surface area (Å²) in [4.78, 5) is 24.0. The van der Waals surface area contributed by atoms with Crippen molar-refractivity contribution in [3.05, 3.63) is 29.3 Å². The second kappa shape index (κ2) is 6.94. The van der Waals surface area contributed by atoms with Gasteiger partial charge in [0.05, 0.1) is 22.5 Å². The highest BCUT2D eigenvalue weighted by Gasteiger charge is 2.47. The third-order valence-corrected chi connectivity index (χ3v) is 3.95. The number of hydrogen-bond donors (Lipinski definition) is 2. The fraction of sp³-hybridized carbons (Fsp3) is 0.500. The molecule has 0 aromatic heterocycles. The third kappa shape index (κ3) is 4.46. The Morgan fingerprint density at radius 2 is 1.90 bits per heavy atom. The molecule has 0 aliphatic heterocycles. The van der Waals surface area contributed by atoms with E-state index in [0.29, 0.717) is 29.6 Å². The lowest BCUT2D eigenvalue weighted by atomic mass is 10.1. The van der Waals surface area contributed by atoms with Crippen LogP contribution >= 0.6 is 11.6 Å². The van der Waals surface area contributed by atoms with Crippen LogP contribution in [-0.2, 0) is 9.59 Å². The predicted molar refractivity (Wildman–Crippen MR) is 84.1 cm³/mol. The Bertz CT molecular complexity index is 531. The van der Waals surface area contributed by atoms with Gasteiger partial charge in [-0.3, -0.25) is 9.59 Å². The van der Waals surface area contributed by atoms with Gasteiger partial charge in [0.15, 0.2) is 0 Å². The van der Waals surface area contributed by atoms with Crippen molar-refractivity contribution >= 4 is 29.1 Å². The molecule has 0 heterocycles. The molecule has 2 rings (SSSR count). The zero-order valence-corrected chi connectivity index (χ0v) is 13.1. The average Bonchev–Trinajstić information content (AvgIpc) is 3.21. The molecule has 1 fully saturated rings. The Morgan fingerprint density at radius 1 is 1.24 bits per heavy atom. The van der Waals surface area contributed by atoms with E-state index in [0.717, 1.165) is 6.42 Å². The van der Waals surface area contributed by atoms with Crippen LogP contribution in [0.4, 0.5) is 5.69 Å². The van der Waals surface area contributed by atoms with Crippen molar-refractivity contribution in [1.29, 1.82) is 0 Å². The minimum atomic E-state index is -0.236. The first-order valence-electron chi connectivity index (χ1n) is 7.32. The van der Waals surface area contributed by atoms with E-state index in [9.17, 15) is 9.59 Å². The quantitative estimate of drug-likeness (QED) is 0.848. The maximum absolute atomic E-state index is 12.1. The van der Waals surface area contributed by atoms with Crippen LogP contribution in [0.5, 0.6) is 0 Å². The number of carbonyl (C=O) groups is 2. The van der Waals surface area contributed by atoms with E-state index >= 15 is 0 Å². The van der Waals surface area contributed by atoms with Crippen LogP contribution in [0.25, 0.3) is 0 Å². The molecule has 5 heteroatoms. The fourth-order valence-corrected chi connectivity index (χ4v) is 2.36. The van der Waals surface area contributed by atoms with Crippen LogP contribution in [0.15, 0.2) is 24.3 Å². The molecule has 1 aromatic carbocycles. The fourth-order valence-electron chi connectivity index (χ4n) is 2.18. The van der Waals surface area contributed by atoms with E-state index < -0.39 is 0 Å². The zero-order valence-electron chi connectivity index (χ0n) is 12.4. The molecule has 1 saturated carbocycles. The molecule has 0 saturated heterocycles. The number of hydrogen-bond acceptors (Lipinski definition) is 2. The first kappa shape index (κ1) is 15.8. The Balaban J connectivity index is 1.79. The summed E-state index contributed by atoms with van der Waals surface area (Å²) in [7, 11) is 0. The van der Waals surface area contributed by atoms with Crippen molar-refractivity contribution in [2.45, 2.75) is 26.7 Å². The molecule has 1 aromatic rings. The van der Waals surface area contributed by atoms with Crippen LogP contribution in [0.3, 0.4) is 0 Å². The lowest BCUT2D eigenvalue weighted by molar-refractivity contribution is -0.125. The first-order valence-corrected chi connectivity index (χ1v) is 7.70. The molecule has 1 aliphatic rings. The van der Waals surface area contributed by atoms with Crippen LogP contribution in [-0.4, -0.2) is 18.4 Å². The maximum Gasteiger partial charge on any atom is 0.228 e. The topological polar surface area (TPSA) is 58.2 Å². The molecule has 2 atom stereocenters. The normalized spacial score (nSPS) is 20.2. The summed E-state index contributed by atoms with van der Waals surface area (Å²) in [6.07, 6.45) is 1.57. The Morgan fingerprint density at radius 3 is 2.57 bits per heavy atom. The van der Waals surface area contributed by atoms with Gasteiger partial charge < -0.3 is 10.6 Å². The molecule has 0 bridgehead atoms. The minimum Gasteiger partial charge on any atom is -0.356 e. The first-order chi connectivity index (χ1) is 9.99. The van der Waals surface area contributed by atoms with Gasteiger partial charge in [-0.2, -0.15) is 0 Å². The van der Waals surface area contributed by atoms with Gasteiger partial charge in [0.1, 0.15) is 0 Å². The Hall–Kier alpha value is -1.55. The van der Waals surface area contributed by atoms with Crippen molar-refractivity contribution in [3.8, 4) is 0 Å². The van der Waals surface area contributed by atoms with Crippen LogP contribution in [0, 0.1) is 17.8 Å². The molecule has 2 N–H and O–H groups in total. The molecular weight excluding hydrogens is 288 g/mol. The van der Waals surface area contributed by atoms with Gasteiger partial charge in [0, 0.05) is 6.54 Å². The largest absolute Gasteiger partial charge is 0.356 e. The van der Waals surface area contributed by atoms with E-state index in [1.807, 2.05) is 6.07 Å². The maximum atomic E-state index is 12.1. The summed E-state index contributed by atoms with van der Waals surface area (Å²) in [5, 5.41) is 6.18. The average molecular weight is 309 g/mol. The molecular formula is C16H21ClN2O2. The lowest BCUT2D eigenvalue weighted by Gasteiger charge is -2.08. The summed E-state index contributed by atoms with van der Waals surface area (Å²) < 4.78 is 0. The van der Waals surface area contributed by atoms with E-state index in [2.05, 4.69) is 24.5 Å². The Labute approximate surface area is 130 Å². The monoisotopic (exact) mass is 308 g/mol. The number of rotatable bonds is 6. The lowest BCUT2D eigenvalue weighted by Crippen LogP contribution is -2.28. The third-order valence-electron chi connectivity index (χ3n) is 3.62. The highest BCUT2D eigenvalue weighted by molar-refractivity contribution is 6.33. The molecule has 1 aliphatic carbocycles. The summed E-state index contributed by atoms with van der Waals surface area (Å²) in [6.45, 7) is 4.90. The molecule has 114 valence electrons. The van der Waals surface area contributed by atoms with Crippen molar-refractivity contribution in [1.82, 2.24) is 5.32 Å². The second-order valence-electron chi connectivity index (χ2n) is 5.89. The number of amides is 2. The molecule has 2 amide bonds. The molecule has 4 nitrogen and oxygen atoms in total. The van der Waals surface area contributed by atoms with Gasteiger partial charge >= 0.3 is 0 Å². The van der Waals surface area contributed by atoms with Gasteiger partial charge in [-0.1, -0.05) is 37.6 Å². The Kier molecular flexibility index (Phi) is 5.23. The second-order valence-corrected chi connectivity index (χ2v) is 6.30. The highest BCUT2D eigenvalue weighted by atomic mass is 35.5. The minimum absolute atomic E-state index is 0.0186. The summed E-state index contributed by atoms with van der Waals surface area (Å²) >= 11 is 6.00. The molecule has 21 heavy (non-hydrogen) atoms. The number of nitrogens with one attached hydrogen (secondary N) is 2. The van der Waals surface area contributed by atoms with Crippen LogP contribution in [0.2, 0.25) is 5.02 Å². The van der Waals surface area contributed by atoms with Gasteiger partial charge in [-0.15, -0.1) is 0 Å². The number of para-hydroxylation sites is 1. The summed E-state index contributed by atoms with van der Waals surface area (Å²) in [5.74, 6) is -0.0223. The van der Waals surface area contributed by atoms with E-state index in [1.165, 1.54) is 0 Å². The van der Waals surface area contributed by atoms with Crippen molar-refractivity contribution in [2.24, 2.45) is 17.8 Å². The molecule has 0 radical (unpaired) electrons. The zero-order chi connectivity index (χ0) is 15.4. The number of carbonyl (C=O) groups excluding carboxylic acids is 2. The van der Waals surface area contributed by atoms with Crippen molar-refractivity contribution in [3.63, 3.8) is 0 Å². The van der Waals surface area contributed by atoms with E-state index in [1.54, 1.807) is 18.2 Å². The van der Waals surface area contributed by atoms with Gasteiger partial charge in [-0.25, -0.2) is 0 Å². The molecule has 0 spiro atoms.